The summed E-state index contributed by atoms with van der Waals surface area (Å²) in [5.41, 5.74) is 5.76. The van der Waals surface area contributed by atoms with Crippen molar-refractivity contribution in [3.8, 4) is 0 Å². The van der Waals surface area contributed by atoms with E-state index in [4.69, 9.17) is 29.7 Å². The van der Waals surface area contributed by atoms with Gasteiger partial charge in [0.2, 0.25) is 5.91 Å². The summed E-state index contributed by atoms with van der Waals surface area (Å²) >= 11 is 13.2. The van der Waals surface area contributed by atoms with Crippen LogP contribution in [-0.2, 0) is 17.6 Å². The number of rotatable bonds is 7. The van der Waals surface area contributed by atoms with Gasteiger partial charge in [-0.3, -0.25) is 9.59 Å². The van der Waals surface area contributed by atoms with Crippen LogP contribution in [0.1, 0.15) is 58.6 Å². The lowest BCUT2D eigenvalue weighted by Crippen LogP contribution is -2.51. The van der Waals surface area contributed by atoms with Gasteiger partial charge in [-0.15, -0.1) is 11.3 Å². The number of hydrogen-bond acceptors (Lipinski definition) is 6. The number of nitrogens with two attached hydrogens (primary N) is 1. The quantitative estimate of drug-likeness (QED) is 0.186. The van der Waals surface area contributed by atoms with Crippen molar-refractivity contribution < 1.29 is 9.59 Å². The van der Waals surface area contributed by atoms with Gasteiger partial charge in [0.15, 0.2) is 5.11 Å². The predicted octanol–water partition coefficient (Wildman–Crippen LogP) is 3.71. The van der Waals surface area contributed by atoms with Gasteiger partial charge in [-0.2, -0.15) is 0 Å². The average Bonchev–Trinajstić information content (AvgIpc) is 3.75. The molecule has 1 atom stereocenters. The topological polar surface area (TPSA) is 112 Å². The van der Waals surface area contributed by atoms with E-state index in [1.807, 2.05) is 17.9 Å². The van der Waals surface area contributed by atoms with Crippen molar-refractivity contribution in [2.75, 3.05) is 16.8 Å². The van der Waals surface area contributed by atoms with Gasteiger partial charge >= 0.3 is 0 Å². The molecule has 186 valence electrons. The van der Waals surface area contributed by atoms with Crippen LogP contribution in [0.15, 0.2) is 12.1 Å². The molecule has 0 saturated heterocycles. The van der Waals surface area contributed by atoms with Crippen LogP contribution in [0, 0.1) is 18.8 Å². The van der Waals surface area contributed by atoms with E-state index in [-0.39, 0.29) is 23.8 Å². The fourth-order valence-corrected chi connectivity index (χ4v) is 6.32. The maximum atomic E-state index is 13.4. The van der Waals surface area contributed by atoms with Gasteiger partial charge in [-0.1, -0.05) is 11.6 Å². The Labute approximate surface area is 219 Å². The van der Waals surface area contributed by atoms with Crippen molar-refractivity contribution in [2.24, 2.45) is 17.7 Å². The molecule has 3 aliphatic carbocycles. The highest BCUT2D eigenvalue weighted by Crippen LogP contribution is 2.41. The van der Waals surface area contributed by atoms with E-state index < -0.39 is 0 Å². The van der Waals surface area contributed by atoms with E-state index >= 15 is 0 Å². The molecule has 2 aromatic heterocycles. The number of pyridine rings is 1. The molecule has 35 heavy (non-hydrogen) atoms. The van der Waals surface area contributed by atoms with Crippen molar-refractivity contribution in [3.63, 3.8) is 0 Å². The van der Waals surface area contributed by atoms with Gasteiger partial charge in [0.1, 0.15) is 10.2 Å². The molecule has 0 spiro atoms. The molecule has 11 heteroatoms. The molecule has 8 nitrogen and oxygen atoms in total. The first-order valence-electron chi connectivity index (χ1n) is 12.0. The largest absolute Gasteiger partial charge is 0.352 e. The molecule has 2 amide bonds. The number of hydrazine groups is 1. The Hall–Kier alpha value is -2.27. The van der Waals surface area contributed by atoms with Crippen LogP contribution in [0.5, 0.6) is 0 Å². The molecular formula is C24H29ClN6O2S2. The molecule has 3 aliphatic rings. The first-order chi connectivity index (χ1) is 16.9. The maximum Gasteiger partial charge on any atom is 0.254 e. The predicted molar refractivity (Wildman–Crippen MR) is 143 cm³/mol. The van der Waals surface area contributed by atoms with Gasteiger partial charge in [-0.25, -0.2) is 10.8 Å². The zero-order chi connectivity index (χ0) is 24.7. The highest BCUT2D eigenvalue weighted by atomic mass is 35.5. The molecule has 2 saturated carbocycles. The van der Waals surface area contributed by atoms with Crippen LogP contribution in [0.4, 0.5) is 10.7 Å². The van der Waals surface area contributed by atoms with Crippen molar-refractivity contribution in [1.82, 2.24) is 15.7 Å². The second-order valence-corrected chi connectivity index (χ2v) is 11.5. The number of nitrogens with zero attached hydrogens (tertiary/aromatic N) is 2. The zero-order valence-corrected chi connectivity index (χ0v) is 21.9. The third kappa shape index (κ3) is 5.30. The Morgan fingerprint density at radius 1 is 1.26 bits per heavy atom. The summed E-state index contributed by atoms with van der Waals surface area (Å²) in [6.07, 6.45) is 6.32. The van der Waals surface area contributed by atoms with Crippen LogP contribution in [0.3, 0.4) is 0 Å². The minimum Gasteiger partial charge on any atom is -0.352 e. The highest BCUT2D eigenvalue weighted by molar-refractivity contribution is 7.80. The fraction of sp³-hybridized carbons (Fsp3) is 0.500. The third-order valence-corrected chi connectivity index (χ3v) is 8.62. The number of aromatic nitrogens is 1. The number of halogens is 1. The van der Waals surface area contributed by atoms with E-state index in [1.165, 1.54) is 11.3 Å². The average molecular weight is 533 g/mol. The van der Waals surface area contributed by atoms with E-state index in [0.717, 1.165) is 60.3 Å². The molecule has 2 fully saturated rings. The van der Waals surface area contributed by atoms with Crippen molar-refractivity contribution in [1.29, 1.82) is 0 Å². The molecule has 5 rings (SSSR count). The summed E-state index contributed by atoms with van der Waals surface area (Å²) < 4.78 is 0. The lowest BCUT2D eigenvalue weighted by atomic mass is 9.89. The Morgan fingerprint density at radius 2 is 2.03 bits per heavy atom. The van der Waals surface area contributed by atoms with E-state index in [2.05, 4.69) is 21.0 Å². The summed E-state index contributed by atoms with van der Waals surface area (Å²) in [4.78, 5) is 33.5. The van der Waals surface area contributed by atoms with Crippen LogP contribution in [-0.4, -0.2) is 34.5 Å². The lowest BCUT2D eigenvalue weighted by molar-refractivity contribution is -0.117. The number of nitrogens with one attached hydrogen (secondary N) is 3. The minimum absolute atomic E-state index is 0.00869. The molecule has 2 aromatic rings. The van der Waals surface area contributed by atoms with Crippen LogP contribution >= 0.6 is 35.2 Å². The van der Waals surface area contributed by atoms with Gasteiger partial charge in [0.05, 0.1) is 16.9 Å². The second-order valence-electron chi connectivity index (χ2n) is 9.58. The van der Waals surface area contributed by atoms with Crippen LogP contribution < -0.4 is 26.8 Å². The number of carbonyl (C=O) groups is 2. The zero-order valence-electron chi connectivity index (χ0n) is 19.5. The van der Waals surface area contributed by atoms with Crippen LogP contribution in [0.25, 0.3) is 0 Å². The van der Waals surface area contributed by atoms with Gasteiger partial charge in [-0.05, 0) is 87.7 Å². The van der Waals surface area contributed by atoms with E-state index in [9.17, 15) is 9.59 Å². The lowest BCUT2D eigenvalue weighted by Gasteiger charge is -2.36. The molecule has 0 aliphatic heterocycles. The van der Waals surface area contributed by atoms with Crippen molar-refractivity contribution >= 4 is 62.8 Å². The number of amides is 2. The number of hydrogen-bond donors (Lipinski definition) is 4. The molecule has 0 unspecified atom stereocenters. The number of thiocarbonyl (C=S) groups is 1. The summed E-state index contributed by atoms with van der Waals surface area (Å²) in [5, 5.41) is 7.61. The standard InChI is InChI=1S/C24H29ClN6O2S2/c1-12-17(7-9-19(25)28-12)31(24(34)30-26)15-6-8-18-16(10-15)20(22(33)27-11-13-2-3-13)23(35-18)29-21(32)14-4-5-14/h7,9,13-15H,2-6,8,10-11,26H2,1H3,(H,27,33)(H,29,32)(H,30,34)/t15-/m0/s1. The second kappa shape index (κ2) is 10.0. The summed E-state index contributed by atoms with van der Waals surface area (Å²) in [6.45, 7) is 2.56. The minimum atomic E-state index is -0.114. The van der Waals surface area contributed by atoms with Gasteiger partial charge in [0, 0.05) is 23.4 Å². The summed E-state index contributed by atoms with van der Waals surface area (Å²) in [5.74, 6) is 6.27. The van der Waals surface area contributed by atoms with Crippen LogP contribution in [0.2, 0.25) is 5.15 Å². The van der Waals surface area contributed by atoms with Crippen molar-refractivity contribution in [3.05, 3.63) is 39.0 Å². The molecule has 0 radical (unpaired) electrons. The normalized spacial score (nSPS) is 19.0. The summed E-state index contributed by atoms with van der Waals surface area (Å²) in [6, 6.07) is 3.59. The summed E-state index contributed by atoms with van der Waals surface area (Å²) in [7, 11) is 0. The van der Waals surface area contributed by atoms with Crippen molar-refractivity contribution in [2.45, 2.75) is 57.9 Å². The van der Waals surface area contributed by atoms with Gasteiger partial charge in [0.25, 0.3) is 5.91 Å². The fourth-order valence-electron chi connectivity index (χ4n) is 4.64. The smallest absolute Gasteiger partial charge is 0.254 e. The third-order valence-electron chi connectivity index (χ3n) is 6.89. The number of anilines is 2. The Morgan fingerprint density at radius 3 is 2.69 bits per heavy atom. The monoisotopic (exact) mass is 532 g/mol. The number of fused-ring (bicyclic) bond motifs is 1. The first-order valence-corrected chi connectivity index (χ1v) is 13.6. The molecule has 5 N–H and O–H groups in total. The molecule has 2 heterocycles. The van der Waals surface area contributed by atoms with E-state index in [1.54, 1.807) is 6.07 Å². The Bertz CT molecular complexity index is 1180. The maximum absolute atomic E-state index is 13.4. The highest BCUT2D eigenvalue weighted by Gasteiger charge is 2.36. The molecule has 0 bridgehead atoms. The number of thiophene rings is 1. The number of carbonyl (C=O) groups excluding carboxylic acids is 2. The SMILES string of the molecule is Cc1nc(Cl)ccc1N(C(=S)NN)[C@H]1CCc2sc(NC(=O)C3CC3)c(C(=O)NCC3CC3)c2C1. The Balaban J connectivity index is 1.47. The van der Waals surface area contributed by atoms with Gasteiger partial charge < -0.3 is 21.0 Å². The Kier molecular flexibility index (Phi) is 6.98. The number of aryl methyl sites for hydroxylation is 2. The first kappa shape index (κ1) is 24.4. The van der Waals surface area contributed by atoms with E-state index in [0.29, 0.717) is 39.7 Å². The molecule has 0 aromatic carbocycles. The molecular weight excluding hydrogens is 504 g/mol.